The molecule has 0 atom stereocenters. The largest absolute Gasteiger partial charge is 0.504 e. The molecule has 0 aliphatic heterocycles. The highest BCUT2D eigenvalue weighted by molar-refractivity contribution is 6.09. The standard InChI is InChI=1S/C14H12O5/c1-19-10-4-2-8(3-5-10)13(17)9-6-11(15)14(18)12(16)7-9/h2-7,15-16,18H,1H3. The average molecular weight is 260 g/mol. The number of aromatic hydroxyl groups is 3. The Labute approximate surface area is 109 Å². The third-order valence-electron chi connectivity index (χ3n) is 2.68. The van der Waals surface area contributed by atoms with E-state index in [4.69, 9.17) is 4.74 Å². The first-order valence-corrected chi connectivity index (χ1v) is 5.46. The third-order valence-corrected chi connectivity index (χ3v) is 2.68. The third kappa shape index (κ3) is 2.44. The zero-order valence-corrected chi connectivity index (χ0v) is 10.1. The van der Waals surface area contributed by atoms with Gasteiger partial charge in [-0.1, -0.05) is 0 Å². The van der Waals surface area contributed by atoms with Crippen LogP contribution in [0.2, 0.25) is 0 Å². The van der Waals surface area contributed by atoms with Gasteiger partial charge in [-0.3, -0.25) is 4.79 Å². The van der Waals surface area contributed by atoms with Crippen LogP contribution in [0.3, 0.4) is 0 Å². The van der Waals surface area contributed by atoms with Crippen LogP contribution < -0.4 is 4.74 Å². The number of hydrogen-bond acceptors (Lipinski definition) is 5. The van der Waals surface area contributed by atoms with Gasteiger partial charge in [-0.25, -0.2) is 0 Å². The van der Waals surface area contributed by atoms with Crippen LogP contribution in [0.15, 0.2) is 36.4 Å². The van der Waals surface area contributed by atoms with Crippen molar-refractivity contribution in [2.75, 3.05) is 7.11 Å². The molecule has 0 heterocycles. The van der Waals surface area contributed by atoms with Crippen LogP contribution in [0.1, 0.15) is 15.9 Å². The minimum absolute atomic E-state index is 0.0815. The molecule has 0 unspecified atom stereocenters. The first-order chi connectivity index (χ1) is 9.02. The molecule has 0 saturated heterocycles. The SMILES string of the molecule is COc1ccc(C(=O)c2cc(O)c(O)c(O)c2)cc1. The lowest BCUT2D eigenvalue weighted by atomic mass is 10.0. The van der Waals surface area contributed by atoms with E-state index in [1.807, 2.05) is 0 Å². The number of methoxy groups -OCH3 is 1. The summed E-state index contributed by atoms with van der Waals surface area (Å²) in [6.45, 7) is 0. The van der Waals surface area contributed by atoms with Gasteiger partial charge in [-0.2, -0.15) is 0 Å². The van der Waals surface area contributed by atoms with E-state index in [2.05, 4.69) is 0 Å². The summed E-state index contributed by atoms with van der Waals surface area (Å²) in [4.78, 5) is 12.1. The maximum absolute atomic E-state index is 12.1. The van der Waals surface area contributed by atoms with Gasteiger partial charge in [0, 0.05) is 11.1 Å². The summed E-state index contributed by atoms with van der Waals surface area (Å²) >= 11 is 0. The molecule has 0 bridgehead atoms. The summed E-state index contributed by atoms with van der Waals surface area (Å²) < 4.78 is 4.98. The summed E-state index contributed by atoms with van der Waals surface area (Å²) in [5.41, 5.74) is 0.461. The number of carbonyl (C=O) groups excluding carboxylic acids is 1. The predicted octanol–water partition coefficient (Wildman–Crippen LogP) is 2.04. The fourth-order valence-corrected chi connectivity index (χ4v) is 1.64. The van der Waals surface area contributed by atoms with Gasteiger partial charge >= 0.3 is 0 Å². The summed E-state index contributed by atoms with van der Waals surface area (Å²) in [5.74, 6) is -1.50. The number of ketones is 1. The molecule has 3 N–H and O–H groups in total. The van der Waals surface area contributed by atoms with Crippen molar-refractivity contribution in [3.8, 4) is 23.0 Å². The molecule has 0 spiro atoms. The van der Waals surface area contributed by atoms with E-state index >= 15 is 0 Å². The lowest BCUT2D eigenvalue weighted by Crippen LogP contribution is -2.01. The molecule has 2 aromatic rings. The van der Waals surface area contributed by atoms with Crippen LogP contribution in [-0.4, -0.2) is 28.2 Å². The molecule has 0 radical (unpaired) electrons. The normalized spacial score (nSPS) is 10.2. The van der Waals surface area contributed by atoms with Gasteiger partial charge in [0.2, 0.25) is 0 Å². The number of hydrogen-bond donors (Lipinski definition) is 3. The maximum atomic E-state index is 12.1. The fourth-order valence-electron chi connectivity index (χ4n) is 1.64. The molecule has 0 aromatic heterocycles. The van der Waals surface area contributed by atoms with Gasteiger partial charge in [0.15, 0.2) is 23.0 Å². The first-order valence-electron chi connectivity index (χ1n) is 5.46. The molecule has 98 valence electrons. The zero-order valence-electron chi connectivity index (χ0n) is 10.1. The van der Waals surface area contributed by atoms with E-state index in [1.54, 1.807) is 24.3 Å². The van der Waals surface area contributed by atoms with Crippen molar-refractivity contribution < 1.29 is 24.9 Å². The lowest BCUT2D eigenvalue weighted by molar-refractivity contribution is 0.103. The average Bonchev–Trinajstić information content (AvgIpc) is 2.43. The second-order valence-corrected chi connectivity index (χ2v) is 3.92. The maximum Gasteiger partial charge on any atom is 0.200 e. The fraction of sp³-hybridized carbons (Fsp3) is 0.0714. The van der Waals surface area contributed by atoms with Crippen LogP contribution >= 0.6 is 0 Å². The Bertz CT molecular complexity index is 593. The van der Waals surface area contributed by atoms with Gasteiger partial charge in [0.05, 0.1) is 7.11 Å². The Hall–Kier alpha value is -2.69. The molecule has 19 heavy (non-hydrogen) atoms. The Kier molecular flexibility index (Phi) is 3.29. The monoisotopic (exact) mass is 260 g/mol. The van der Waals surface area contributed by atoms with Gasteiger partial charge in [-0.15, -0.1) is 0 Å². The van der Waals surface area contributed by atoms with Crippen molar-refractivity contribution in [2.45, 2.75) is 0 Å². The number of phenols is 3. The molecular weight excluding hydrogens is 248 g/mol. The summed E-state index contributed by atoms with van der Waals surface area (Å²) in [5, 5.41) is 28.0. The molecule has 2 rings (SSSR count). The molecule has 5 heteroatoms. The van der Waals surface area contributed by atoms with E-state index in [0.717, 1.165) is 12.1 Å². The van der Waals surface area contributed by atoms with E-state index < -0.39 is 17.2 Å². The van der Waals surface area contributed by atoms with Crippen LogP contribution in [0, 0.1) is 0 Å². The molecule has 2 aromatic carbocycles. The van der Waals surface area contributed by atoms with Gasteiger partial charge in [-0.05, 0) is 36.4 Å². The highest BCUT2D eigenvalue weighted by Gasteiger charge is 2.15. The molecule has 0 aliphatic carbocycles. The van der Waals surface area contributed by atoms with E-state index in [0.29, 0.717) is 11.3 Å². The van der Waals surface area contributed by atoms with Gasteiger partial charge < -0.3 is 20.1 Å². The van der Waals surface area contributed by atoms with Crippen molar-refractivity contribution in [1.82, 2.24) is 0 Å². The van der Waals surface area contributed by atoms with E-state index in [1.165, 1.54) is 7.11 Å². The Morgan fingerprint density at radius 3 is 1.95 bits per heavy atom. The molecule has 0 amide bonds. The molecular formula is C14H12O5. The number of ether oxygens (including phenoxy) is 1. The Morgan fingerprint density at radius 2 is 1.47 bits per heavy atom. The minimum Gasteiger partial charge on any atom is -0.504 e. The molecule has 0 fully saturated rings. The van der Waals surface area contributed by atoms with Gasteiger partial charge in [0.1, 0.15) is 5.75 Å². The minimum atomic E-state index is -0.647. The summed E-state index contributed by atoms with van der Waals surface area (Å²) in [6, 6.07) is 8.61. The number of rotatable bonds is 3. The zero-order chi connectivity index (χ0) is 14.0. The van der Waals surface area contributed by atoms with Crippen LogP contribution in [0.4, 0.5) is 0 Å². The van der Waals surface area contributed by atoms with Crippen molar-refractivity contribution >= 4 is 5.78 Å². The smallest absolute Gasteiger partial charge is 0.200 e. The first kappa shape index (κ1) is 12.8. The van der Waals surface area contributed by atoms with Crippen molar-refractivity contribution in [1.29, 1.82) is 0 Å². The second-order valence-electron chi connectivity index (χ2n) is 3.92. The van der Waals surface area contributed by atoms with E-state index in [-0.39, 0.29) is 11.3 Å². The van der Waals surface area contributed by atoms with Crippen LogP contribution in [0.5, 0.6) is 23.0 Å². The molecule has 5 nitrogen and oxygen atoms in total. The second kappa shape index (κ2) is 4.89. The van der Waals surface area contributed by atoms with Crippen LogP contribution in [0.25, 0.3) is 0 Å². The topological polar surface area (TPSA) is 87.0 Å². The summed E-state index contributed by atoms with van der Waals surface area (Å²) in [7, 11) is 1.52. The highest BCUT2D eigenvalue weighted by atomic mass is 16.5. The molecule has 0 aliphatic rings. The lowest BCUT2D eigenvalue weighted by Gasteiger charge is -2.06. The summed E-state index contributed by atoms with van der Waals surface area (Å²) in [6.07, 6.45) is 0. The molecule has 0 saturated carbocycles. The number of phenolic OH excluding ortho intramolecular Hbond substituents is 3. The Morgan fingerprint density at radius 1 is 0.947 bits per heavy atom. The highest BCUT2D eigenvalue weighted by Crippen LogP contribution is 2.36. The van der Waals surface area contributed by atoms with Crippen molar-refractivity contribution in [3.63, 3.8) is 0 Å². The van der Waals surface area contributed by atoms with Crippen molar-refractivity contribution in [2.24, 2.45) is 0 Å². The van der Waals surface area contributed by atoms with Gasteiger partial charge in [0.25, 0.3) is 0 Å². The Balaban J connectivity index is 2.38. The number of benzene rings is 2. The number of carbonyl (C=O) groups is 1. The predicted molar refractivity (Wildman–Crippen MR) is 67.9 cm³/mol. The quantitative estimate of drug-likeness (QED) is 0.580. The van der Waals surface area contributed by atoms with Crippen molar-refractivity contribution in [3.05, 3.63) is 47.5 Å². The van der Waals surface area contributed by atoms with E-state index in [9.17, 15) is 20.1 Å². The van der Waals surface area contributed by atoms with Crippen LogP contribution in [-0.2, 0) is 0 Å².